The fourth-order valence-corrected chi connectivity index (χ4v) is 6.74. The summed E-state index contributed by atoms with van der Waals surface area (Å²) in [7, 11) is 2.86. The predicted octanol–water partition coefficient (Wildman–Crippen LogP) is 1.34. The number of carbonyl (C=O) groups excluding carboxylic acids is 1. The van der Waals surface area contributed by atoms with E-state index in [2.05, 4.69) is 0 Å². The molecular weight excluding hydrogens is 556 g/mol. The SMILES string of the molecule is COc1cc([C@@H]2c3cc4c(cc3[C@H](O[C@@H]3O[C@@H]5CO[C@H](C)O[C@@H]5[C@H](O)[C@@H]3O)[C@@H]3COC(=O)[C@H]23)OCO4)cc(OC)c1O. The van der Waals surface area contributed by atoms with Crippen LogP contribution < -0.4 is 18.9 Å². The zero-order valence-corrected chi connectivity index (χ0v) is 23.1. The molecule has 0 bridgehead atoms. The molecule has 3 fully saturated rings. The normalized spacial score (nSPS) is 36.5. The fraction of sp³-hybridized carbons (Fsp3) is 0.552. The van der Waals surface area contributed by atoms with Crippen LogP contribution in [-0.4, -0.2) is 92.5 Å². The number of aliphatic hydroxyl groups excluding tert-OH is 2. The third-order valence-corrected chi connectivity index (χ3v) is 8.75. The summed E-state index contributed by atoms with van der Waals surface area (Å²) < 4.78 is 51.5. The minimum Gasteiger partial charge on any atom is -0.502 e. The van der Waals surface area contributed by atoms with E-state index in [0.29, 0.717) is 28.2 Å². The molecule has 2 aromatic carbocycles. The molecule has 4 heterocycles. The second-order valence-corrected chi connectivity index (χ2v) is 11.0. The molecule has 0 amide bonds. The Morgan fingerprint density at radius 3 is 2.26 bits per heavy atom. The van der Waals surface area contributed by atoms with Gasteiger partial charge in [-0.15, -0.1) is 0 Å². The summed E-state index contributed by atoms with van der Waals surface area (Å²) in [4.78, 5) is 13.4. The Hall–Kier alpha value is -3.33. The highest BCUT2D eigenvalue weighted by Crippen LogP contribution is 2.57. The van der Waals surface area contributed by atoms with E-state index in [9.17, 15) is 20.1 Å². The molecule has 0 saturated carbocycles. The van der Waals surface area contributed by atoms with Gasteiger partial charge in [0.15, 0.2) is 35.6 Å². The van der Waals surface area contributed by atoms with Gasteiger partial charge in [-0.3, -0.25) is 4.79 Å². The Morgan fingerprint density at radius 1 is 0.881 bits per heavy atom. The lowest BCUT2D eigenvalue weighted by Crippen LogP contribution is -2.63. The predicted molar refractivity (Wildman–Crippen MR) is 138 cm³/mol. The number of carbonyl (C=O) groups is 1. The van der Waals surface area contributed by atoms with Crippen molar-refractivity contribution < 1.29 is 62.7 Å². The summed E-state index contributed by atoms with van der Waals surface area (Å²) in [5.74, 6) is -1.02. The van der Waals surface area contributed by atoms with Crippen LogP contribution in [0.4, 0.5) is 0 Å². The Kier molecular flexibility index (Phi) is 6.83. The molecule has 2 aromatic rings. The number of aromatic hydroxyl groups is 1. The lowest BCUT2D eigenvalue weighted by Gasteiger charge is -2.47. The number of esters is 1. The molecule has 3 saturated heterocycles. The van der Waals surface area contributed by atoms with E-state index in [1.54, 1.807) is 31.2 Å². The van der Waals surface area contributed by atoms with Gasteiger partial charge in [-0.05, 0) is 47.9 Å². The number of rotatable bonds is 5. The molecule has 10 atom stereocenters. The maximum absolute atomic E-state index is 13.4. The highest BCUT2D eigenvalue weighted by atomic mass is 16.8. The lowest BCUT2D eigenvalue weighted by atomic mass is 9.66. The molecule has 0 radical (unpaired) electrons. The number of phenolic OH excluding ortho intramolecular Hbond substituents is 1. The van der Waals surface area contributed by atoms with Crippen LogP contribution >= 0.6 is 0 Å². The maximum atomic E-state index is 13.4. The van der Waals surface area contributed by atoms with Crippen LogP contribution in [0.15, 0.2) is 24.3 Å². The van der Waals surface area contributed by atoms with Gasteiger partial charge >= 0.3 is 5.97 Å². The van der Waals surface area contributed by atoms with Gasteiger partial charge in [-0.25, -0.2) is 0 Å². The molecule has 13 nitrogen and oxygen atoms in total. The number of ether oxygens (including phenoxy) is 9. The van der Waals surface area contributed by atoms with Crippen LogP contribution in [-0.2, 0) is 28.5 Å². The van der Waals surface area contributed by atoms with Gasteiger partial charge in [0.2, 0.25) is 12.5 Å². The average Bonchev–Trinajstić information content (AvgIpc) is 3.61. The first kappa shape index (κ1) is 27.5. The van der Waals surface area contributed by atoms with E-state index < -0.39 is 66.8 Å². The standard InChI is InChI=1S/C29H32O13/c1-11-36-9-20-27(40-11)24(31)25(32)29(41-20)42-26-14-7-17-16(38-10-39-17)6-13(14)21(22-15(26)8-37-28(22)33)12-4-18(34-2)23(30)19(5-12)35-3/h4-7,11,15,20-22,24-27,29-32H,8-10H2,1-3H3/t11-,15+,20+,21+,22-,24+,25-,26-,27-,29-/m0/s1. The Balaban J connectivity index is 1.32. The van der Waals surface area contributed by atoms with Gasteiger partial charge < -0.3 is 58.0 Å². The second-order valence-electron chi connectivity index (χ2n) is 11.0. The van der Waals surface area contributed by atoms with Crippen LogP contribution in [0, 0.1) is 11.8 Å². The lowest BCUT2D eigenvalue weighted by molar-refractivity contribution is -0.364. The van der Waals surface area contributed by atoms with E-state index in [1.807, 2.05) is 0 Å². The van der Waals surface area contributed by atoms with Crippen molar-refractivity contribution in [1.82, 2.24) is 0 Å². The number of methoxy groups -OCH3 is 2. The van der Waals surface area contributed by atoms with Crippen molar-refractivity contribution >= 4 is 5.97 Å². The van der Waals surface area contributed by atoms with Crippen LogP contribution in [0.1, 0.15) is 35.6 Å². The van der Waals surface area contributed by atoms with E-state index in [-0.39, 0.29) is 37.3 Å². The molecule has 1 aliphatic carbocycles. The number of hydrogen-bond acceptors (Lipinski definition) is 13. The summed E-state index contributed by atoms with van der Waals surface area (Å²) >= 11 is 0. The summed E-state index contributed by atoms with van der Waals surface area (Å²) in [6.07, 6.45) is -6.80. The van der Waals surface area contributed by atoms with Crippen LogP contribution in [0.2, 0.25) is 0 Å². The highest BCUT2D eigenvalue weighted by Gasteiger charge is 2.56. The molecule has 0 unspecified atom stereocenters. The summed E-state index contributed by atoms with van der Waals surface area (Å²) in [6, 6.07) is 6.93. The van der Waals surface area contributed by atoms with Crippen LogP contribution in [0.25, 0.3) is 0 Å². The smallest absolute Gasteiger partial charge is 0.310 e. The third kappa shape index (κ3) is 4.26. The molecule has 4 aliphatic heterocycles. The van der Waals surface area contributed by atoms with Crippen molar-refractivity contribution in [3.8, 4) is 28.7 Å². The Labute approximate surface area is 240 Å². The van der Waals surface area contributed by atoms with Gasteiger partial charge in [0.1, 0.15) is 24.4 Å². The van der Waals surface area contributed by atoms with Gasteiger partial charge in [-0.1, -0.05) is 0 Å². The molecule has 226 valence electrons. The third-order valence-electron chi connectivity index (χ3n) is 8.75. The van der Waals surface area contributed by atoms with E-state index >= 15 is 0 Å². The number of hydrogen-bond donors (Lipinski definition) is 3. The molecule has 7 rings (SSSR count). The molecule has 42 heavy (non-hydrogen) atoms. The number of fused-ring (bicyclic) bond motifs is 4. The molecule has 0 aromatic heterocycles. The second kappa shape index (κ2) is 10.4. The van der Waals surface area contributed by atoms with Gasteiger partial charge in [0.05, 0.1) is 39.5 Å². The van der Waals surface area contributed by atoms with E-state index in [0.717, 1.165) is 0 Å². The van der Waals surface area contributed by atoms with Crippen molar-refractivity contribution in [2.24, 2.45) is 11.8 Å². The van der Waals surface area contributed by atoms with Crippen molar-refractivity contribution in [2.75, 3.05) is 34.2 Å². The molecule has 3 N–H and O–H groups in total. The minimum atomic E-state index is -1.44. The maximum Gasteiger partial charge on any atom is 0.310 e. The van der Waals surface area contributed by atoms with E-state index in [4.69, 9.17) is 42.6 Å². The Morgan fingerprint density at radius 2 is 1.57 bits per heavy atom. The van der Waals surface area contributed by atoms with Crippen LogP contribution in [0.5, 0.6) is 28.7 Å². The van der Waals surface area contributed by atoms with Gasteiger partial charge in [0, 0.05) is 11.8 Å². The monoisotopic (exact) mass is 588 g/mol. The topological polar surface area (TPSA) is 161 Å². The highest BCUT2D eigenvalue weighted by molar-refractivity contribution is 5.79. The number of cyclic esters (lactones) is 1. The van der Waals surface area contributed by atoms with Crippen molar-refractivity contribution in [3.63, 3.8) is 0 Å². The number of phenols is 1. The number of benzene rings is 2. The average molecular weight is 589 g/mol. The zero-order valence-electron chi connectivity index (χ0n) is 23.1. The fourth-order valence-electron chi connectivity index (χ4n) is 6.74. The number of aliphatic hydroxyl groups is 2. The zero-order chi connectivity index (χ0) is 29.3. The van der Waals surface area contributed by atoms with Gasteiger partial charge in [-0.2, -0.15) is 0 Å². The van der Waals surface area contributed by atoms with Gasteiger partial charge in [0.25, 0.3) is 0 Å². The molecule has 13 heteroatoms. The van der Waals surface area contributed by atoms with Crippen molar-refractivity contribution in [2.45, 2.75) is 55.9 Å². The largest absolute Gasteiger partial charge is 0.502 e. The van der Waals surface area contributed by atoms with Crippen molar-refractivity contribution in [3.05, 3.63) is 41.0 Å². The molecule has 0 spiro atoms. The quantitative estimate of drug-likeness (QED) is 0.430. The summed E-state index contributed by atoms with van der Waals surface area (Å²) in [6.45, 7) is 1.93. The van der Waals surface area contributed by atoms with Crippen molar-refractivity contribution in [1.29, 1.82) is 0 Å². The first-order chi connectivity index (χ1) is 20.3. The van der Waals surface area contributed by atoms with Crippen LogP contribution in [0.3, 0.4) is 0 Å². The first-order valence-electron chi connectivity index (χ1n) is 13.8. The van der Waals surface area contributed by atoms with E-state index in [1.165, 1.54) is 14.2 Å². The first-order valence-corrected chi connectivity index (χ1v) is 13.8. The molecular formula is C29H32O13. The summed E-state index contributed by atoms with van der Waals surface area (Å²) in [5.41, 5.74) is 2.01. The Bertz CT molecular complexity index is 1350. The minimum absolute atomic E-state index is 0.0301. The molecule has 5 aliphatic rings. The summed E-state index contributed by atoms with van der Waals surface area (Å²) in [5, 5.41) is 32.5.